The molecule has 0 spiro atoms. The van der Waals surface area contributed by atoms with Gasteiger partial charge in [0.2, 0.25) is 5.95 Å². The third kappa shape index (κ3) is 5.06. The standard InChI is InChI=1S/C20H24FN10O8PS/c21-10-13(33)9(38-19(10)30-5-26-11-14(22)24-4-25-15(11)30)3-36-40(35,41)39-8-1-7(2-32)37-18(8)31-6-27-12-16(31)28-20(23)29-17(12)34/h4-10,13,18-19,32-33H,1-3H2,(H,35,41)(H2,22,24,25)(H3,23,28,29,34)/t7-,8-,9+,10-,13?,18+,19+,40+/m0/s1. The van der Waals surface area contributed by atoms with Crippen LogP contribution in [0.2, 0.25) is 0 Å². The SMILES string of the molecule is Nc1nc2c(ncn2[C@@H]2O[C@H](CO)C[C@@H]2O[P@](=O)(S)OC[C@H]2O[C@@H](n3cnc4c(N)ncnc43)[C@@H](F)C2O)c(=O)[nH]1. The summed E-state index contributed by atoms with van der Waals surface area (Å²) in [5, 5.41) is 20.2. The number of nitrogens with zero attached hydrogens (tertiary/aromatic N) is 7. The van der Waals surface area contributed by atoms with Crippen LogP contribution in [0.25, 0.3) is 22.3 Å². The van der Waals surface area contributed by atoms with E-state index in [1.54, 1.807) is 0 Å². The first kappa shape index (κ1) is 27.9. The van der Waals surface area contributed by atoms with Gasteiger partial charge in [-0.2, -0.15) is 4.98 Å². The number of aliphatic hydroxyl groups excluding tert-OH is 2. The van der Waals surface area contributed by atoms with Gasteiger partial charge in [-0.1, -0.05) is 12.2 Å². The number of nitrogen functional groups attached to an aromatic ring is 2. The number of nitrogens with one attached hydrogen (secondary N) is 1. The molecule has 2 aliphatic heterocycles. The Labute approximate surface area is 233 Å². The quantitative estimate of drug-likeness (QED) is 0.107. The van der Waals surface area contributed by atoms with Gasteiger partial charge in [0.05, 0.1) is 32.0 Å². The van der Waals surface area contributed by atoms with E-state index in [4.69, 9.17) is 30.0 Å². The lowest BCUT2D eigenvalue weighted by Gasteiger charge is -2.24. The predicted octanol–water partition coefficient (Wildman–Crippen LogP) is -0.560. The molecule has 0 bridgehead atoms. The number of nitrogens with two attached hydrogens (primary N) is 2. The number of aliphatic hydroxyl groups is 2. The van der Waals surface area contributed by atoms with E-state index in [9.17, 15) is 19.6 Å². The van der Waals surface area contributed by atoms with Crippen LogP contribution < -0.4 is 17.0 Å². The Morgan fingerprint density at radius 3 is 2.63 bits per heavy atom. The minimum atomic E-state index is -4.21. The smallest absolute Gasteiger partial charge is 0.386 e. The van der Waals surface area contributed by atoms with Gasteiger partial charge in [0.1, 0.15) is 30.2 Å². The summed E-state index contributed by atoms with van der Waals surface area (Å²) in [6, 6.07) is 0. The average molecular weight is 615 g/mol. The van der Waals surface area contributed by atoms with Gasteiger partial charge in [-0.15, -0.1) is 0 Å². The van der Waals surface area contributed by atoms with E-state index in [0.29, 0.717) is 0 Å². The summed E-state index contributed by atoms with van der Waals surface area (Å²) in [5.74, 6) is -0.0797. The fraction of sp³-hybridized carbons (Fsp3) is 0.500. The Morgan fingerprint density at radius 2 is 1.88 bits per heavy atom. The molecule has 0 saturated carbocycles. The summed E-state index contributed by atoms with van der Waals surface area (Å²) in [4.78, 5) is 34.6. The van der Waals surface area contributed by atoms with Gasteiger partial charge in [-0.05, 0) is 0 Å². The maximum absolute atomic E-state index is 15.1. The third-order valence-electron chi connectivity index (χ3n) is 6.70. The predicted molar refractivity (Wildman–Crippen MR) is 140 cm³/mol. The van der Waals surface area contributed by atoms with E-state index in [1.165, 1.54) is 28.1 Å². The van der Waals surface area contributed by atoms with Crippen LogP contribution in [0, 0.1) is 0 Å². The fourth-order valence-corrected chi connectivity index (χ4v) is 6.29. The molecule has 4 aromatic rings. The number of hydrogen-bond acceptors (Lipinski definition) is 15. The summed E-state index contributed by atoms with van der Waals surface area (Å²) < 4.78 is 53.4. The second kappa shape index (κ2) is 10.6. The molecule has 6 heterocycles. The van der Waals surface area contributed by atoms with Gasteiger partial charge in [-0.25, -0.2) is 28.9 Å². The molecule has 41 heavy (non-hydrogen) atoms. The summed E-state index contributed by atoms with van der Waals surface area (Å²) in [6.45, 7) is -5.16. The van der Waals surface area contributed by atoms with Crippen LogP contribution in [0.5, 0.6) is 0 Å². The van der Waals surface area contributed by atoms with Crippen molar-refractivity contribution < 1.29 is 37.7 Å². The van der Waals surface area contributed by atoms with Gasteiger partial charge in [0, 0.05) is 6.42 Å². The molecule has 2 aliphatic rings. The Bertz CT molecular complexity index is 1700. The number of rotatable bonds is 8. The van der Waals surface area contributed by atoms with Crippen LogP contribution >= 0.6 is 19.0 Å². The Hall–Kier alpha value is -3.23. The van der Waals surface area contributed by atoms with Crippen molar-refractivity contribution in [3.63, 3.8) is 0 Å². The van der Waals surface area contributed by atoms with Crippen LogP contribution in [0.1, 0.15) is 18.9 Å². The maximum Gasteiger partial charge on any atom is 0.386 e. The number of aromatic nitrogens is 8. The molecule has 6 rings (SSSR count). The largest absolute Gasteiger partial charge is 0.394 e. The number of alkyl halides is 1. The van der Waals surface area contributed by atoms with Gasteiger partial charge in [-0.3, -0.25) is 28.0 Å². The molecule has 220 valence electrons. The van der Waals surface area contributed by atoms with E-state index >= 15 is 4.39 Å². The van der Waals surface area contributed by atoms with Crippen molar-refractivity contribution in [2.24, 2.45) is 0 Å². The Kier molecular flexibility index (Phi) is 7.19. The number of imidazole rings is 2. The summed E-state index contributed by atoms with van der Waals surface area (Å²) >= 11 is 4.03. The second-order valence-corrected chi connectivity index (χ2v) is 12.2. The first-order valence-electron chi connectivity index (χ1n) is 12.1. The van der Waals surface area contributed by atoms with Gasteiger partial charge >= 0.3 is 6.80 Å². The van der Waals surface area contributed by atoms with E-state index in [-0.39, 0.29) is 40.5 Å². The Morgan fingerprint density at radius 1 is 1.15 bits per heavy atom. The van der Waals surface area contributed by atoms with Gasteiger partial charge in [0.25, 0.3) is 5.56 Å². The van der Waals surface area contributed by atoms with E-state index in [2.05, 4.69) is 42.2 Å². The molecule has 4 aromatic heterocycles. The van der Waals surface area contributed by atoms with Crippen molar-refractivity contribution in [2.75, 3.05) is 24.7 Å². The number of aromatic amines is 1. The van der Waals surface area contributed by atoms with Crippen molar-refractivity contribution in [2.45, 2.75) is 49.5 Å². The van der Waals surface area contributed by atoms with E-state index in [0.717, 1.165) is 0 Å². The van der Waals surface area contributed by atoms with Crippen LogP contribution in [0.3, 0.4) is 0 Å². The molecular weight excluding hydrogens is 590 g/mol. The highest BCUT2D eigenvalue weighted by Crippen LogP contribution is 2.57. The Balaban J connectivity index is 1.16. The van der Waals surface area contributed by atoms with Crippen LogP contribution in [0.15, 0.2) is 23.8 Å². The lowest BCUT2D eigenvalue weighted by molar-refractivity contribution is -0.0529. The number of H-pyrrole nitrogens is 1. The van der Waals surface area contributed by atoms with Gasteiger partial charge < -0.3 is 31.2 Å². The highest BCUT2D eigenvalue weighted by molar-refractivity contribution is 8.44. The van der Waals surface area contributed by atoms with Crippen molar-refractivity contribution in [3.05, 3.63) is 29.3 Å². The molecule has 0 amide bonds. The maximum atomic E-state index is 15.1. The normalized spacial score (nSPS) is 29.9. The van der Waals surface area contributed by atoms with Gasteiger partial charge in [0.15, 0.2) is 41.3 Å². The zero-order chi connectivity index (χ0) is 29.1. The molecule has 8 atom stereocenters. The summed E-state index contributed by atoms with van der Waals surface area (Å²) in [7, 11) is 0. The van der Waals surface area contributed by atoms with Crippen LogP contribution in [-0.2, 0) is 23.1 Å². The molecule has 1 unspecified atom stereocenters. The second-order valence-electron chi connectivity index (χ2n) is 9.33. The number of thiol groups is 1. The summed E-state index contributed by atoms with van der Waals surface area (Å²) in [5.41, 5.74) is 11.3. The molecular formula is C20H24FN10O8PS. The molecule has 21 heteroatoms. The number of halogens is 1. The summed E-state index contributed by atoms with van der Waals surface area (Å²) in [6.07, 6.45) is -5.24. The first-order chi connectivity index (χ1) is 19.6. The number of fused-ring (bicyclic) bond motifs is 2. The fourth-order valence-electron chi connectivity index (χ4n) is 4.79. The van der Waals surface area contributed by atoms with E-state index < -0.39 is 68.6 Å². The zero-order valence-corrected chi connectivity index (χ0v) is 22.6. The molecule has 0 radical (unpaired) electrons. The minimum absolute atomic E-state index is 0.0261. The lowest BCUT2D eigenvalue weighted by Crippen LogP contribution is -2.31. The molecule has 0 aromatic carbocycles. The molecule has 7 N–H and O–H groups in total. The number of hydrogen-bond donors (Lipinski definition) is 6. The van der Waals surface area contributed by atoms with Crippen molar-refractivity contribution in [3.8, 4) is 0 Å². The lowest BCUT2D eigenvalue weighted by atomic mass is 10.1. The minimum Gasteiger partial charge on any atom is -0.394 e. The third-order valence-corrected chi connectivity index (χ3v) is 8.34. The van der Waals surface area contributed by atoms with Crippen LogP contribution in [0.4, 0.5) is 16.2 Å². The van der Waals surface area contributed by atoms with Crippen molar-refractivity contribution in [1.82, 2.24) is 39.0 Å². The zero-order valence-electron chi connectivity index (χ0n) is 20.8. The van der Waals surface area contributed by atoms with Crippen LogP contribution in [-0.4, -0.2) is 93.1 Å². The van der Waals surface area contributed by atoms with E-state index in [1.807, 2.05) is 0 Å². The topological polar surface area (TPSA) is 254 Å². The van der Waals surface area contributed by atoms with Crippen molar-refractivity contribution >= 4 is 53.1 Å². The highest BCUT2D eigenvalue weighted by Gasteiger charge is 2.47. The molecule has 0 aliphatic carbocycles. The average Bonchev–Trinajstić information content (AvgIpc) is 3.69. The molecule has 2 saturated heterocycles. The highest BCUT2D eigenvalue weighted by atomic mass is 32.7. The van der Waals surface area contributed by atoms with Crippen molar-refractivity contribution in [1.29, 1.82) is 0 Å². The number of anilines is 2. The molecule has 2 fully saturated rings. The first-order valence-corrected chi connectivity index (χ1v) is 14.8. The number of ether oxygens (including phenoxy) is 2. The monoisotopic (exact) mass is 614 g/mol. The molecule has 18 nitrogen and oxygen atoms in total.